The van der Waals surface area contributed by atoms with Crippen LogP contribution in [0.5, 0.6) is 0 Å². The number of nitrogens with zero attached hydrogens (tertiary/aromatic N) is 3. The fourth-order valence-electron chi connectivity index (χ4n) is 1.70. The van der Waals surface area contributed by atoms with E-state index >= 15 is 0 Å². The molecule has 0 spiro atoms. The summed E-state index contributed by atoms with van der Waals surface area (Å²) < 4.78 is 3.01. The molecule has 0 aromatic carbocycles. The van der Waals surface area contributed by atoms with Gasteiger partial charge in [0.1, 0.15) is 5.82 Å². The van der Waals surface area contributed by atoms with E-state index in [-0.39, 0.29) is 5.88 Å². The van der Waals surface area contributed by atoms with Crippen molar-refractivity contribution < 1.29 is 0 Å². The molecule has 2 rings (SSSR count). The van der Waals surface area contributed by atoms with Crippen LogP contribution >= 0.6 is 11.6 Å². The topological polar surface area (TPSA) is 72.7 Å². The zero-order chi connectivity index (χ0) is 11.9. The van der Waals surface area contributed by atoms with Crippen LogP contribution in [0.4, 0.5) is 0 Å². The van der Waals surface area contributed by atoms with Crippen LogP contribution in [-0.2, 0) is 19.5 Å². The third-order valence-electron chi connectivity index (χ3n) is 2.54. The summed E-state index contributed by atoms with van der Waals surface area (Å²) in [5, 5.41) is 0. The van der Waals surface area contributed by atoms with Gasteiger partial charge in [-0.1, -0.05) is 0 Å². The highest BCUT2D eigenvalue weighted by atomic mass is 35.5. The number of aromatic amines is 1. The molecule has 86 valence electrons. The van der Waals surface area contributed by atoms with Crippen molar-refractivity contribution >= 4 is 22.8 Å². The summed E-state index contributed by atoms with van der Waals surface area (Å²) in [5.41, 5.74) is -0.123. The number of nitrogens with one attached hydrogen (secondary N) is 1. The molecule has 0 atom stereocenters. The maximum absolute atomic E-state index is 11.6. The molecule has 0 saturated heterocycles. The number of aromatic nitrogens is 4. The van der Waals surface area contributed by atoms with E-state index in [2.05, 4.69) is 9.97 Å². The molecule has 0 unspecified atom stereocenters. The van der Waals surface area contributed by atoms with Crippen LogP contribution in [0.25, 0.3) is 11.2 Å². The largest absolute Gasteiger partial charge is 0.330 e. The highest BCUT2D eigenvalue weighted by Crippen LogP contribution is 2.10. The van der Waals surface area contributed by atoms with Crippen LogP contribution in [0.15, 0.2) is 9.59 Å². The highest BCUT2D eigenvalue weighted by molar-refractivity contribution is 6.16. The van der Waals surface area contributed by atoms with Gasteiger partial charge in [-0.05, 0) is 6.92 Å². The number of fused-ring (bicyclic) bond motifs is 1. The molecule has 1 N–H and O–H groups in total. The highest BCUT2D eigenvalue weighted by Gasteiger charge is 2.14. The lowest BCUT2D eigenvalue weighted by Gasteiger charge is -2.01. The molecule has 0 aliphatic heterocycles. The Balaban J connectivity index is 3.03. The van der Waals surface area contributed by atoms with Gasteiger partial charge in [-0.25, -0.2) is 9.78 Å². The number of rotatable bonds is 2. The Kier molecular flexibility index (Phi) is 2.59. The van der Waals surface area contributed by atoms with Crippen LogP contribution in [-0.4, -0.2) is 19.1 Å². The second-order valence-electron chi connectivity index (χ2n) is 3.40. The first-order valence-electron chi connectivity index (χ1n) is 4.84. The lowest BCUT2D eigenvalue weighted by atomic mass is 10.5. The van der Waals surface area contributed by atoms with Crippen molar-refractivity contribution in [3.8, 4) is 0 Å². The summed E-state index contributed by atoms with van der Waals surface area (Å²) in [7, 11) is 1.70. The van der Waals surface area contributed by atoms with E-state index in [9.17, 15) is 9.59 Å². The zero-order valence-electron chi connectivity index (χ0n) is 8.95. The first kappa shape index (κ1) is 10.9. The Hall–Kier alpha value is -1.56. The van der Waals surface area contributed by atoms with Crippen LogP contribution in [0.3, 0.4) is 0 Å². The van der Waals surface area contributed by atoms with E-state index in [4.69, 9.17) is 11.6 Å². The van der Waals surface area contributed by atoms with E-state index in [1.807, 2.05) is 6.92 Å². The molecule has 0 radical (unpaired) electrons. The number of halogens is 1. The van der Waals surface area contributed by atoms with Crippen molar-refractivity contribution in [3.63, 3.8) is 0 Å². The average Bonchev–Trinajstić information content (AvgIpc) is 2.56. The Morgan fingerprint density at radius 3 is 2.69 bits per heavy atom. The lowest BCUT2D eigenvalue weighted by molar-refractivity contribution is 0.718. The summed E-state index contributed by atoms with van der Waals surface area (Å²) in [5.74, 6) is 0.762. The van der Waals surface area contributed by atoms with Gasteiger partial charge < -0.3 is 4.57 Å². The van der Waals surface area contributed by atoms with Gasteiger partial charge >= 0.3 is 5.69 Å². The molecule has 2 aromatic heterocycles. The van der Waals surface area contributed by atoms with Gasteiger partial charge in [-0.2, -0.15) is 0 Å². The van der Waals surface area contributed by atoms with E-state index in [0.29, 0.717) is 23.5 Å². The fraction of sp³-hybridized carbons (Fsp3) is 0.444. The van der Waals surface area contributed by atoms with Crippen molar-refractivity contribution in [1.29, 1.82) is 0 Å². The SMILES string of the molecule is CCn1c(=O)[nH]c(=O)c2c1nc(CCl)n2C. The monoisotopic (exact) mass is 242 g/mol. The Morgan fingerprint density at radius 2 is 2.12 bits per heavy atom. The van der Waals surface area contributed by atoms with Crippen molar-refractivity contribution in [3.05, 3.63) is 26.7 Å². The minimum atomic E-state index is -0.445. The number of H-pyrrole nitrogens is 1. The predicted molar refractivity (Wildman–Crippen MR) is 60.8 cm³/mol. The Bertz CT molecular complexity index is 652. The second-order valence-corrected chi connectivity index (χ2v) is 3.66. The molecule has 0 fully saturated rings. The Labute approximate surface area is 95.5 Å². The maximum Gasteiger partial charge on any atom is 0.330 e. The van der Waals surface area contributed by atoms with E-state index in [0.717, 1.165) is 0 Å². The van der Waals surface area contributed by atoms with E-state index < -0.39 is 11.2 Å². The molecular weight excluding hydrogens is 232 g/mol. The van der Waals surface area contributed by atoms with Gasteiger partial charge in [-0.3, -0.25) is 14.3 Å². The van der Waals surface area contributed by atoms with Crippen LogP contribution in [0, 0.1) is 0 Å². The van der Waals surface area contributed by atoms with Crippen molar-refractivity contribution in [2.24, 2.45) is 7.05 Å². The molecule has 0 aliphatic carbocycles. The molecule has 0 aliphatic rings. The molecule has 16 heavy (non-hydrogen) atoms. The number of imidazole rings is 1. The van der Waals surface area contributed by atoms with Crippen LogP contribution < -0.4 is 11.2 Å². The second kappa shape index (κ2) is 3.79. The maximum atomic E-state index is 11.6. The summed E-state index contributed by atoms with van der Waals surface area (Å²) in [6.07, 6.45) is 0. The summed E-state index contributed by atoms with van der Waals surface area (Å²) in [6, 6.07) is 0. The third-order valence-corrected chi connectivity index (χ3v) is 2.78. The molecule has 2 aromatic rings. The number of aryl methyl sites for hydroxylation is 2. The van der Waals surface area contributed by atoms with Gasteiger partial charge in [0.05, 0.1) is 5.88 Å². The molecular formula is C9H11ClN4O2. The Morgan fingerprint density at radius 1 is 1.44 bits per heavy atom. The standard InChI is InChI=1S/C9H11ClN4O2/c1-3-14-7-6(8(15)12-9(14)16)13(2)5(4-10)11-7/h3-4H2,1-2H3,(H,12,15,16). The fourth-order valence-corrected chi connectivity index (χ4v) is 1.94. The van der Waals surface area contributed by atoms with Gasteiger partial charge in [0.15, 0.2) is 11.2 Å². The molecule has 0 saturated carbocycles. The molecule has 6 nitrogen and oxygen atoms in total. The van der Waals surface area contributed by atoms with Gasteiger partial charge in [-0.15, -0.1) is 11.6 Å². The smallest absolute Gasteiger partial charge is 0.324 e. The number of hydrogen-bond acceptors (Lipinski definition) is 3. The van der Waals surface area contributed by atoms with Crippen molar-refractivity contribution in [1.82, 2.24) is 19.1 Å². The van der Waals surface area contributed by atoms with Crippen LogP contribution in [0.1, 0.15) is 12.7 Å². The normalized spacial score (nSPS) is 11.2. The average molecular weight is 243 g/mol. The summed E-state index contributed by atoms with van der Waals surface area (Å²) >= 11 is 5.71. The number of hydrogen-bond donors (Lipinski definition) is 1. The summed E-state index contributed by atoms with van der Waals surface area (Å²) in [4.78, 5) is 29.6. The zero-order valence-corrected chi connectivity index (χ0v) is 9.71. The van der Waals surface area contributed by atoms with E-state index in [1.54, 1.807) is 11.6 Å². The first-order chi connectivity index (χ1) is 7.60. The van der Waals surface area contributed by atoms with Crippen molar-refractivity contribution in [2.45, 2.75) is 19.3 Å². The predicted octanol–water partition coefficient (Wildman–Crippen LogP) is 0.182. The third kappa shape index (κ3) is 1.37. The van der Waals surface area contributed by atoms with Gasteiger partial charge in [0.2, 0.25) is 0 Å². The van der Waals surface area contributed by atoms with Gasteiger partial charge in [0.25, 0.3) is 5.56 Å². The van der Waals surface area contributed by atoms with Crippen LogP contribution in [0.2, 0.25) is 0 Å². The molecule has 0 bridgehead atoms. The quantitative estimate of drug-likeness (QED) is 0.764. The number of alkyl halides is 1. The molecule has 2 heterocycles. The lowest BCUT2D eigenvalue weighted by Crippen LogP contribution is -2.30. The minimum absolute atomic E-state index is 0.197. The molecule has 0 amide bonds. The van der Waals surface area contributed by atoms with E-state index in [1.165, 1.54) is 4.57 Å². The van der Waals surface area contributed by atoms with Gasteiger partial charge in [0, 0.05) is 13.6 Å². The summed E-state index contributed by atoms with van der Waals surface area (Å²) in [6.45, 7) is 2.26. The molecule has 7 heteroatoms. The van der Waals surface area contributed by atoms with Crippen molar-refractivity contribution in [2.75, 3.05) is 0 Å². The first-order valence-corrected chi connectivity index (χ1v) is 5.38. The minimum Gasteiger partial charge on any atom is -0.324 e.